The molecule has 5 heteroatoms. The van der Waals surface area contributed by atoms with Crippen LogP contribution >= 0.6 is 23.8 Å². The summed E-state index contributed by atoms with van der Waals surface area (Å²) in [6.07, 6.45) is 0. The minimum absolute atomic E-state index is 0.582. The molecule has 0 bridgehead atoms. The number of para-hydroxylation sites is 1. The summed E-state index contributed by atoms with van der Waals surface area (Å²) in [5.41, 5.74) is 3.32. The molecule has 2 rings (SSSR count). The Balaban J connectivity index is 1.82. The third-order valence-electron chi connectivity index (χ3n) is 3.57. The average Bonchev–Trinajstić information content (AvgIpc) is 2.55. The van der Waals surface area contributed by atoms with Gasteiger partial charge in [-0.25, -0.2) is 0 Å². The molecule has 2 aromatic carbocycles. The van der Waals surface area contributed by atoms with Crippen LogP contribution in [0.4, 0.5) is 11.4 Å². The maximum Gasteiger partial charge on any atom is 0.170 e. The highest BCUT2D eigenvalue weighted by atomic mass is 35.5. The van der Waals surface area contributed by atoms with Gasteiger partial charge in [0.15, 0.2) is 5.11 Å². The van der Waals surface area contributed by atoms with Crippen molar-refractivity contribution in [3.05, 3.63) is 59.1 Å². The summed E-state index contributed by atoms with van der Waals surface area (Å²) in [4.78, 5) is 2.31. The van der Waals surface area contributed by atoms with Gasteiger partial charge in [0, 0.05) is 25.3 Å². The van der Waals surface area contributed by atoms with Crippen LogP contribution in [0.2, 0.25) is 5.02 Å². The number of thiocarbonyl (C=S) groups is 1. The van der Waals surface area contributed by atoms with Gasteiger partial charge in [-0.05, 0) is 50.3 Å². The molecule has 2 N–H and O–H groups in total. The second-order valence-corrected chi connectivity index (χ2v) is 6.09. The van der Waals surface area contributed by atoms with Crippen LogP contribution < -0.4 is 15.5 Å². The minimum atomic E-state index is 0.582. The van der Waals surface area contributed by atoms with Crippen LogP contribution in [0.5, 0.6) is 0 Å². The third-order valence-corrected chi connectivity index (χ3v) is 4.15. The molecule has 0 spiro atoms. The fourth-order valence-corrected chi connectivity index (χ4v) is 2.65. The number of likely N-dealkylation sites (N-methyl/N-ethyl adjacent to an activating group) is 1. The Morgan fingerprint density at radius 3 is 2.48 bits per heavy atom. The quantitative estimate of drug-likeness (QED) is 0.754. The van der Waals surface area contributed by atoms with Crippen LogP contribution in [-0.2, 0) is 0 Å². The summed E-state index contributed by atoms with van der Waals surface area (Å²) in [6, 6.07) is 16.1. The van der Waals surface area contributed by atoms with Crippen molar-refractivity contribution < 1.29 is 0 Å². The molecule has 2 aromatic rings. The maximum absolute atomic E-state index is 6.11. The number of aryl methyl sites for hydroxylation is 1. The molecule has 0 unspecified atom stereocenters. The van der Waals surface area contributed by atoms with E-state index in [1.54, 1.807) is 0 Å². The molecule has 0 saturated heterocycles. The van der Waals surface area contributed by atoms with E-state index in [2.05, 4.69) is 53.6 Å². The van der Waals surface area contributed by atoms with Crippen molar-refractivity contribution in [1.29, 1.82) is 0 Å². The first-order valence-corrected chi connectivity index (χ1v) is 8.49. The van der Waals surface area contributed by atoms with Gasteiger partial charge in [0.1, 0.15) is 0 Å². The first kappa shape index (κ1) is 17.6. The molecule has 0 aliphatic carbocycles. The second kappa shape index (κ2) is 8.75. The zero-order chi connectivity index (χ0) is 16.7. The van der Waals surface area contributed by atoms with E-state index in [0.29, 0.717) is 10.1 Å². The highest BCUT2D eigenvalue weighted by Crippen LogP contribution is 2.20. The fourth-order valence-electron chi connectivity index (χ4n) is 2.26. The minimum Gasteiger partial charge on any atom is -0.370 e. The van der Waals surface area contributed by atoms with Gasteiger partial charge in [-0.15, -0.1) is 0 Å². The Morgan fingerprint density at radius 1 is 1.13 bits per heavy atom. The van der Waals surface area contributed by atoms with Crippen molar-refractivity contribution in [3.8, 4) is 0 Å². The lowest BCUT2D eigenvalue weighted by Crippen LogP contribution is -2.36. The van der Waals surface area contributed by atoms with E-state index in [1.807, 2.05) is 24.3 Å². The smallest absolute Gasteiger partial charge is 0.170 e. The zero-order valence-electron chi connectivity index (χ0n) is 13.5. The summed E-state index contributed by atoms with van der Waals surface area (Å²) < 4.78 is 0. The van der Waals surface area contributed by atoms with Crippen LogP contribution in [0.25, 0.3) is 0 Å². The maximum atomic E-state index is 6.11. The summed E-state index contributed by atoms with van der Waals surface area (Å²) >= 11 is 11.4. The van der Waals surface area contributed by atoms with Crippen LogP contribution in [-0.4, -0.2) is 24.7 Å². The summed E-state index contributed by atoms with van der Waals surface area (Å²) in [6.45, 7) is 6.85. The number of hydrogen-bond acceptors (Lipinski definition) is 2. The van der Waals surface area contributed by atoms with Gasteiger partial charge >= 0.3 is 0 Å². The average molecular weight is 348 g/mol. The number of hydrogen-bond donors (Lipinski definition) is 2. The molecule has 0 radical (unpaired) electrons. The van der Waals surface area contributed by atoms with Gasteiger partial charge in [0.05, 0.1) is 10.7 Å². The summed E-state index contributed by atoms with van der Waals surface area (Å²) in [5, 5.41) is 7.58. The second-order valence-electron chi connectivity index (χ2n) is 5.28. The predicted octanol–water partition coefficient (Wildman–Crippen LogP) is 4.46. The van der Waals surface area contributed by atoms with Gasteiger partial charge in [-0.3, -0.25) is 0 Å². The number of benzene rings is 2. The highest BCUT2D eigenvalue weighted by Gasteiger charge is 2.05. The van der Waals surface area contributed by atoms with Crippen molar-refractivity contribution in [2.75, 3.05) is 29.9 Å². The zero-order valence-corrected chi connectivity index (χ0v) is 15.0. The molecule has 3 nitrogen and oxygen atoms in total. The molecule has 0 saturated carbocycles. The van der Waals surface area contributed by atoms with Crippen molar-refractivity contribution in [2.24, 2.45) is 0 Å². The van der Waals surface area contributed by atoms with E-state index in [9.17, 15) is 0 Å². The van der Waals surface area contributed by atoms with Gasteiger partial charge in [0.25, 0.3) is 0 Å². The van der Waals surface area contributed by atoms with Crippen LogP contribution in [0.15, 0.2) is 48.5 Å². The van der Waals surface area contributed by atoms with Gasteiger partial charge in [0.2, 0.25) is 0 Å². The fraction of sp³-hybridized carbons (Fsp3) is 0.278. The Bertz CT molecular complexity index is 643. The standard InChI is InChI=1S/C18H22ClN3S/c1-3-22(15-10-8-14(2)9-11-15)13-12-20-18(23)21-17-7-5-4-6-16(17)19/h4-11H,3,12-13H2,1-2H3,(H2,20,21,23). The number of nitrogens with zero attached hydrogens (tertiary/aromatic N) is 1. The Labute approximate surface area is 148 Å². The largest absolute Gasteiger partial charge is 0.370 e. The first-order chi connectivity index (χ1) is 11.1. The summed E-state index contributed by atoms with van der Waals surface area (Å²) in [5.74, 6) is 0. The number of halogens is 1. The van der Waals surface area contributed by atoms with E-state index < -0.39 is 0 Å². The molecule has 0 aliphatic rings. The lowest BCUT2D eigenvalue weighted by Gasteiger charge is -2.24. The Hall–Kier alpha value is -1.78. The topological polar surface area (TPSA) is 27.3 Å². The monoisotopic (exact) mass is 347 g/mol. The lowest BCUT2D eigenvalue weighted by molar-refractivity contribution is 0.779. The molecule has 0 atom stereocenters. The normalized spacial score (nSPS) is 10.2. The van der Waals surface area contributed by atoms with Crippen LogP contribution in [0.3, 0.4) is 0 Å². The lowest BCUT2D eigenvalue weighted by atomic mass is 10.2. The molecule has 0 aliphatic heterocycles. The molecular weight excluding hydrogens is 326 g/mol. The van der Waals surface area contributed by atoms with E-state index >= 15 is 0 Å². The number of rotatable bonds is 6. The van der Waals surface area contributed by atoms with Crippen LogP contribution in [0, 0.1) is 6.92 Å². The molecule has 0 heterocycles. The molecular formula is C18H22ClN3S. The SMILES string of the molecule is CCN(CCNC(=S)Nc1ccccc1Cl)c1ccc(C)cc1. The molecule has 0 aromatic heterocycles. The Kier molecular flexibility index (Phi) is 6.68. The van der Waals surface area contributed by atoms with Crippen molar-refractivity contribution >= 4 is 40.3 Å². The summed E-state index contributed by atoms with van der Waals surface area (Å²) in [7, 11) is 0. The van der Waals surface area contributed by atoms with E-state index in [1.165, 1.54) is 11.3 Å². The van der Waals surface area contributed by atoms with Crippen molar-refractivity contribution in [1.82, 2.24) is 5.32 Å². The molecule has 0 amide bonds. The Morgan fingerprint density at radius 2 is 1.83 bits per heavy atom. The highest BCUT2D eigenvalue weighted by molar-refractivity contribution is 7.80. The van der Waals surface area contributed by atoms with Gasteiger partial charge < -0.3 is 15.5 Å². The van der Waals surface area contributed by atoms with Gasteiger partial charge in [-0.2, -0.15) is 0 Å². The first-order valence-electron chi connectivity index (χ1n) is 7.71. The van der Waals surface area contributed by atoms with Crippen molar-refractivity contribution in [3.63, 3.8) is 0 Å². The molecule has 122 valence electrons. The van der Waals surface area contributed by atoms with E-state index in [-0.39, 0.29) is 0 Å². The predicted molar refractivity (Wildman–Crippen MR) is 105 cm³/mol. The third kappa shape index (κ3) is 5.41. The molecule has 23 heavy (non-hydrogen) atoms. The van der Waals surface area contributed by atoms with Gasteiger partial charge in [-0.1, -0.05) is 41.4 Å². The van der Waals surface area contributed by atoms with Crippen molar-refractivity contribution in [2.45, 2.75) is 13.8 Å². The number of anilines is 2. The van der Waals surface area contributed by atoms with Crippen LogP contribution in [0.1, 0.15) is 12.5 Å². The molecule has 0 fully saturated rings. The van der Waals surface area contributed by atoms with E-state index in [4.69, 9.17) is 23.8 Å². The van der Waals surface area contributed by atoms with E-state index in [0.717, 1.165) is 25.3 Å². The number of nitrogens with one attached hydrogen (secondary N) is 2.